The van der Waals surface area contributed by atoms with Gasteiger partial charge >= 0.3 is 0 Å². The van der Waals surface area contributed by atoms with Gasteiger partial charge in [-0.25, -0.2) is 0 Å². The monoisotopic (exact) mass is 414 g/mol. The summed E-state index contributed by atoms with van der Waals surface area (Å²) in [5.74, 6) is 2.87. The topological polar surface area (TPSA) is 40.5 Å². The molecule has 0 amide bonds. The summed E-state index contributed by atoms with van der Waals surface area (Å²) in [6.45, 7) is 14.2. The summed E-state index contributed by atoms with van der Waals surface area (Å²) in [5, 5.41) is 21.1. The molecule has 0 spiro atoms. The van der Waals surface area contributed by atoms with Crippen LogP contribution in [0.2, 0.25) is 0 Å². The van der Waals surface area contributed by atoms with Crippen molar-refractivity contribution in [2.45, 2.75) is 112 Å². The molecule has 2 heteroatoms. The van der Waals surface area contributed by atoms with Crippen molar-refractivity contribution in [1.82, 2.24) is 0 Å². The van der Waals surface area contributed by atoms with Crippen molar-refractivity contribution in [3.8, 4) is 0 Å². The Morgan fingerprint density at radius 1 is 1.03 bits per heavy atom. The quantitative estimate of drug-likeness (QED) is 0.527. The van der Waals surface area contributed by atoms with Gasteiger partial charge in [0.1, 0.15) is 0 Å². The Morgan fingerprint density at radius 3 is 2.47 bits per heavy atom. The molecule has 30 heavy (non-hydrogen) atoms. The van der Waals surface area contributed by atoms with Crippen molar-refractivity contribution < 1.29 is 10.2 Å². The second kappa shape index (κ2) is 8.07. The molecule has 0 radical (unpaired) electrons. The summed E-state index contributed by atoms with van der Waals surface area (Å²) in [6.07, 6.45) is 12.5. The highest BCUT2D eigenvalue weighted by Crippen LogP contribution is 2.64. The lowest BCUT2D eigenvalue weighted by molar-refractivity contribution is -0.0289. The summed E-state index contributed by atoms with van der Waals surface area (Å²) >= 11 is 0. The second-order valence-electron chi connectivity index (χ2n) is 12.4. The largest absolute Gasteiger partial charge is 0.393 e. The van der Waals surface area contributed by atoms with E-state index in [2.05, 4.69) is 47.6 Å². The number of allylic oxidation sites excluding steroid dienone is 4. The average molecular weight is 415 g/mol. The van der Waals surface area contributed by atoms with E-state index in [0.717, 1.165) is 25.7 Å². The van der Waals surface area contributed by atoms with Gasteiger partial charge in [0.25, 0.3) is 0 Å². The van der Waals surface area contributed by atoms with Gasteiger partial charge in [0.15, 0.2) is 0 Å². The predicted octanol–water partition coefficient (Wildman–Crippen LogP) is 6.67. The van der Waals surface area contributed by atoms with Crippen molar-refractivity contribution >= 4 is 0 Å². The van der Waals surface area contributed by atoms with Gasteiger partial charge in [0, 0.05) is 0 Å². The molecular formula is C28H46O2. The first-order valence-corrected chi connectivity index (χ1v) is 12.9. The summed E-state index contributed by atoms with van der Waals surface area (Å²) in [5.41, 5.74) is 5.74. The minimum Gasteiger partial charge on any atom is -0.393 e. The Balaban J connectivity index is 1.56. The lowest BCUT2D eigenvalue weighted by Crippen LogP contribution is -2.48. The Morgan fingerprint density at radius 2 is 1.77 bits per heavy atom. The lowest BCUT2D eigenvalue weighted by atomic mass is 9.49. The molecule has 2 nitrogen and oxygen atoms in total. The zero-order valence-electron chi connectivity index (χ0n) is 20.4. The van der Waals surface area contributed by atoms with E-state index in [-0.39, 0.29) is 12.2 Å². The van der Waals surface area contributed by atoms with Crippen LogP contribution in [0.15, 0.2) is 22.8 Å². The third-order valence-corrected chi connectivity index (χ3v) is 10.1. The molecule has 0 aromatic rings. The summed E-state index contributed by atoms with van der Waals surface area (Å²) in [6, 6.07) is 0. The van der Waals surface area contributed by atoms with Crippen LogP contribution in [0.5, 0.6) is 0 Å². The van der Waals surface area contributed by atoms with E-state index in [1.165, 1.54) is 32.1 Å². The molecular weight excluding hydrogens is 368 g/mol. The van der Waals surface area contributed by atoms with Crippen LogP contribution in [0, 0.1) is 40.4 Å². The summed E-state index contributed by atoms with van der Waals surface area (Å²) in [7, 11) is 0. The van der Waals surface area contributed by atoms with Gasteiger partial charge in [-0.3, -0.25) is 0 Å². The van der Waals surface area contributed by atoms with E-state index in [1.807, 2.05) is 0 Å². The van der Waals surface area contributed by atoms with Crippen molar-refractivity contribution in [3.63, 3.8) is 0 Å². The molecule has 0 aromatic carbocycles. The molecule has 170 valence electrons. The van der Waals surface area contributed by atoms with Crippen molar-refractivity contribution in [2.24, 2.45) is 40.4 Å². The molecule has 4 aliphatic rings. The Hall–Kier alpha value is -0.600. The second-order valence-corrected chi connectivity index (χ2v) is 12.4. The maximum Gasteiger partial charge on any atom is 0.0569 e. The number of hydrogen-bond acceptors (Lipinski definition) is 2. The highest BCUT2D eigenvalue weighted by Gasteiger charge is 2.54. The predicted molar refractivity (Wildman–Crippen MR) is 125 cm³/mol. The van der Waals surface area contributed by atoms with Crippen molar-refractivity contribution in [1.29, 1.82) is 0 Å². The summed E-state index contributed by atoms with van der Waals surface area (Å²) < 4.78 is 0. The highest BCUT2D eigenvalue weighted by atomic mass is 16.3. The molecule has 1 saturated carbocycles. The van der Waals surface area contributed by atoms with Crippen LogP contribution >= 0.6 is 0 Å². The Bertz CT molecular complexity index is 718. The fraction of sp³-hybridized carbons (Fsp3) is 0.857. The molecule has 4 rings (SSSR count). The van der Waals surface area contributed by atoms with E-state index < -0.39 is 0 Å². The van der Waals surface area contributed by atoms with Gasteiger partial charge in [-0.2, -0.15) is 0 Å². The number of hydrogen-bond donors (Lipinski definition) is 2. The zero-order chi connectivity index (χ0) is 21.8. The van der Waals surface area contributed by atoms with Gasteiger partial charge in [0.05, 0.1) is 12.2 Å². The van der Waals surface area contributed by atoms with Crippen molar-refractivity contribution in [3.05, 3.63) is 22.8 Å². The van der Waals surface area contributed by atoms with Crippen LogP contribution in [0.4, 0.5) is 0 Å². The zero-order valence-corrected chi connectivity index (χ0v) is 20.4. The van der Waals surface area contributed by atoms with Crippen LogP contribution < -0.4 is 0 Å². The van der Waals surface area contributed by atoms with Crippen LogP contribution in [-0.2, 0) is 0 Å². The third-order valence-electron chi connectivity index (χ3n) is 10.1. The van der Waals surface area contributed by atoms with E-state index in [1.54, 1.807) is 16.7 Å². The van der Waals surface area contributed by atoms with Gasteiger partial charge in [-0.1, -0.05) is 53.2 Å². The first kappa shape index (κ1) is 22.6. The van der Waals surface area contributed by atoms with Crippen molar-refractivity contribution in [2.75, 3.05) is 0 Å². The number of rotatable bonds is 5. The minimum absolute atomic E-state index is 0.104. The van der Waals surface area contributed by atoms with E-state index in [0.29, 0.717) is 40.4 Å². The highest BCUT2D eigenvalue weighted by molar-refractivity contribution is 5.49. The van der Waals surface area contributed by atoms with Crippen LogP contribution in [0.25, 0.3) is 0 Å². The molecule has 0 heterocycles. The fourth-order valence-electron chi connectivity index (χ4n) is 8.43. The Labute approximate surface area is 185 Å². The maximum absolute atomic E-state index is 10.6. The van der Waals surface area contributed by atoms with Gasteiger partial charge in [-0.15, -0.1) is 0 Å². The SMILES string of the molecule is CC(C)C[C@H](O)C[C@@H](C)[C@H]1CC=C2C3=C(CC[C@@]21C)[C@@]1(C)CC[C@H](O)[C@@H](C)[C@@H]1CC3. The van der Waals surface area contributed by atoms with E-state index >= 15 is 0 Å². The van der Waals surface area contributed by atoms with E-state index in [4.69, 9.17) is 0 Å². The maximum atomic E-state index is 10.6. The fourth-order valence-corrected chi connectivity index (χ4v) is 8.43. The minimum atomic E-state index is -0.157. The molecule has 0 aromatic heterocycles. The number of aliphatic hydroxyl groups excluding tert-OH is 2. The normalized spacial score (nSPS) is 43.0. The molecule has 0 saturated heterocycles. The first-order chi connectivity index (χ1) is 14.1. The van der Waals surface area contributed by atoms with E-state index in [9.17, 15) is 10.2 Å². The third kappa shape index (κ3) is 3.54. The number of fused-ring (bicyclic) bond motifs is 4. The van der Waals surface area contributed by atoms with Crippen LogP contribution in [-0.4, -0.2) is 22.4 Å². The molecule has 4 aliphatic carbocycles. The smallest absolute Gasteiger partial charge is 0.0569 e. The van der Waals surface area contributed by atoms with Crippen LogP contribution in [0.3, 0.4) is 0 Å². The number of aliphatic hydroxyl groups is 2. The lowest BCUT2D eigenvalue weighted by Gasteiger charge is -2.55. The van der Waals surface area contributed by atoms with Gasteiger partial charge in [0.2, 0.25) is 0 Å². The van der Waals surface area contributed by atoms with Gasteiger partial charge in [-0.05, 0) is 109 Å². The van der Waals surface area contributed by atoms with Crippen LogP contribution in [0.1, 0.15) is 99.3 Å². The molecule has 2 N–H and O–H groups in total. The molecule has 0 aliphatic heterocycles. The van der Waals surface area contributed by atoms with Gasteiger partial charge < -0.3 is 10.2 Å². The molecule has 0 bridgehead atoms. The average Bonchev–Trinajstić information content (AvgIpc) is 3.01. The molecule has 1 fully saturated rings. The Kier molecular flexibility index (Phi) is 6.08. The standard InChI is InChI=1S/C28H46O2/c1-17(2)15-20(29)16-18(3)22-9-10-24-21-7-8-23-19(4)26(30)12-14-28(23,6)25(21)11-13-27(22,24)5/h10,17-20,22-23,26,29-30H,7-9,11-16H2,1-6H3/t18-,19+,20+,22-,23+,26+,27-,28+/m1/s1. The summed E-state index contributed by atoms with van der Waals surface area (Å²) in [4.78, 5) is 0. The first-order valence-electron chi connectivity index (χ1n) is 12.9. The molecule has 0 unspecified atom stereocenters. The molecule has 8 atom stereocenters.